The maximum atomic E-state index is 14.2. The summed E-state index contributed by atoms with van der Waals surface area (Å²) in [5.41, 5.74) is 2.66. The van der Waals surface area contributed by atoms with Crippen LogP contribution in [0.4, 0.5) is 4.39 Å². The number of aromatic nitrogens is 2. The zero-order chi connectivity index (χ0) is 14.4. The SMILES string of the molecule is Fc1cccc(Cl)c1-n1ncc(CNC2CC2)c1C1CC1. The van der Waals surface area contributed by atoms with Crippen molar-refractivity contribution in [1.82, 2.24) is 15.1 Å². The van der Waals surface area contributed by atoms with Crippen LogP contribution in [0, 0.1) is 5.82 Å². The largest absolute Gasteiger partial charge is 0.310 e. The minimum Gasteiger partial charge on any atom is -0.310 e. The lowest BCUT2D eigenvalue weighted by molar-refractivity contribution is 0.605. The first kappa shape index (κ1) is 13.3. The van der Waals surface area contributed by atoms with Gasteiger partial charge in [-0.15, -0.1) is 0 Å². The molecule has 1 N–H and O–H groups in total. The maximum Gasteiger partial charge on any atom is 0.150 e. The Morgan fingerprint density at radius 3 is 2.76 bits per heavy atom. The molecular formula is C16H17ClFN3. The van der Waals surface area contributed by atoms with Gasteiger partial charge in [-0.2, -0.15) is 5.10 Å². The summed E-state index contributed by atoms with van der Waals surface area (Å²) in [5, 5.41) is 8.33. The monoisotopic (exact) mass is 305 g/mol. The Morgan fingerprint density at radius 1 is 1.29 bits per heavy atom. The molecule has 110 valence electrons. The molecule has 2 fully saturated rings. The Hall–Kier alpha value is -1.39. The first-order valence-corrected chi connectivity index (χ1v) is 7.86. The molecule has 0 spiro atoms. The van der Waals surface area contributed by atoms with Crippen LogP contribution in [0.15, 0.2) is 24.4 Å². The van der Waals surface area contributed by atoms with Crippen LogP contribution in [-0.4, -0.2) is 15.8 Å². The van der Waals surface area contributed by atoms with E-state index in [2.05, 4.69) is 10.4 Å². The molecule has 0 saturated heterocycles. The van der Waals surface area contributed by atoms with Gasteiger partial charge in [0.1, 0.15) is 11.5 Å². The van der Waals surface area contributed by atoms with Gasteiger partial charge in [0.15, 0.2) is 0 Å². The van der Waals surface area contributed by atoms with E-state index in [0.29, 0.717) is 22.7 Å². The van der Waals surface area contributed by atoms with E-state index in [0.717, 1.165) is 25.1 Å². The molecule has 1 aromatic heterocycles. The summed E-state index contributed by atoms with van der Waals surface area (Å²) >= 11 is 6.19. The fourth-order valence-corrected chi connectivity index (χ4v) is 2.97. The first-order valence-electron chi connectivity index (χ1n) is 7.48. The predicted molar refractivity (Wildman–Crippen MR) is 80.4 cm³/mol. The molecule has 0 bridgehead atoms. The molecule has 0 amide bonds. The number of nitrogens with one attached hydrogen (secondary N) is 1. The number of hydrogen-bond acceptors (Lipinski definition) is 2. The minimum absolute atomic E-state index is 0.325. The maximum absolute atomic E-state index is 14.2. The molecular weight excluding hydrogens is 289 g/mol. The van der Waals surface area contributed by atoms with Crippen LogP contribution in [0.2, 0.25) is 5.02 Å². The van der Waals surface area contributed by atoms with Crippen molar-refractivity contribution in [3.05, 3.63) is 46.5 Å². The Bertz CT molecular complexity index is 654. The highest BCUT2D eigenvalue weighted by Crippen LogP contribution is 2.43. The lowest BCUT2D eigenvalue weighted by Gasteiger charge is -2.11. The average molecular weight is 306 g/mol. The number of hydrogen-bond donors (Lipinski definition) is 1. The highest BCUT2D eigenvalue weighted by atomic mass is 35.5. The van der Waals surface area contributed by atoms with Gasteiger partial charge >= 0.3 is 0 Å². The van der Waals surface area contributed by atoms with Crippen molar-refractivity contribution in [2.75, 3.05) is 0 Å². The van der Waals surface area contributed by atoms with Crippen molar-refractivity contribution in [3.8, 4) is 5.69 Å². The van der Waals surface area contributed by atoms with Crippen LogP contribution in [-0.2, 0) is 6.54 Å². The van der Waals surface area contributed by atoms with E-state index in [9.17, 15) is 4.39 Å². The molecule has 3 nitrogen and oxygen atoms in total. The summed E-state index contributed by atoms with van der Waals surface area (Å²) in [4.78, 5) is 0. The van der Waals surface area contributed by atoms with Crippen LogP contribution in [0.3, 0.4) is 0 Å². The standard InChI is InChI=1S/C16H17ClFN3/c17-13-2-1-3-14(18)16(13)21-15(10-4-5-10)11(9-20-21)8-19-12-6-7-12/h1-3,9-10,12,19H,4-8H2. The minimum atomic E-state index is -0.325. The molecule has 0 atom stereocenters. The molecule has 4 rings (SSSR count). The highest BCUT2D eigenvalue weighted by molar-refractivity contribution is 6.32. The molecule has 0 aliphatic heterocycles. The molecule has 2 aromatic rings. The molecule has 21 heavy (non-hydrogen) atoms. The second-order valence-corrected chi connectivity index (χ2v) is 6.37. The Balaban J connectivity index is 1.74. The van der Waals surface area contributed by atoms with E-state index in [-0.39, 0.29) is 5.82 Å². The highest BCUT2D eigenvalue weighted by Gasteiger charge is 2.32. The van der Waals surface area contributed by atoms with Gasteiger partial charge in [-0.05, 0) is 37.8 Å². The third-order valence-corrected chi connectivity index (χ3v) is 4.46. The third kappa shape index (κ3) is 2.58. The summed E-state index contributed by atoms with van der Waals surface area (Å²) in [7, 11) is 0. The zero-order valence-corrected chi connectivity index (χ0v) is 12.4. The molecule has 0 unspecified atom stereocenters. The van der Waals surface area contributed by atoms with E-state index in [4.69, 9.17) is 11.6 Å². The van der Waals surface area contributed by atoms with Gasteiger partial charge in [-0.1, -0.05) is 17.7 Å². The van der Waals surface area contributed by atoms with Crippen molar-refractivity contribution in [1.29, 1.82) is 0 Å². The second-order valence-electron chi connectivity index (χ2n) is 5.97. The molecule has 2 saturated carbocycles. The summed E-state index contributed by atoms with van der Waals surface area (Å²) in [6, 6.07) is 5.41. The molecule has 5 heteroatoms. The average Bonchev–Trinajstić information content (AvgIpc) is 3.37. The summed E-state index contributed by atoms with van der Waals surface area (Å²) in [5.74, 6) is 0.161. The van der Waals surface area contributed by atoms with Crippen LogP contribution < -0.4 is 5.32 Å². The molecule has 1 heterocycles. The van der Waals surface area contributed by atoms with E-state index in [1.165, 1.54) is 24.5 Å². The van der Waals surface area contributed by atoms with Crippen molar-refractivity contribution in [3.63, 3.8) is 0 Å². The first-order chi connectivity index (χ1) is 10.2. The van der Waals surface area contributed by atoms with Crippen molar-refractivity contribution in [2.24, 2.45) is 0 Å². The Kier molecular flexibility index (Phi) is 3.23. The smallest absolute Gasteiger partial charge is 0.150 e. The van der Waals surface area contributed by atoms with Gasteiger partial charge in [0.25, 0.3) is 0 Å². The van der Waals surface area contributed by atoms with Crippen molar-refractivity contribution in [2.45, 2.75) is 44.2 Å². The normalized spacial score (nSPS) is 18.2. The zero-order valence-electron chi connectivity index (χ0n) is 11.6. The van der Waals surface area contributed by atoms with Gasteiger partial charge in [0, 0.05) is 24.1 Å². The van der Waals surface area contributed by atoms with E-state index < -0.39 is 0 Å². The van der Waals surface area contributed by atoms with Crippen LogP contribution in [0.1, 0.15) is 42.9 Å². The molecule has 2 aliphatic rings. The van der Waals surface area contributed by atoms with Crippen LogP contribution >= 0.6 is 11.6 Å². The van der Waals surface area contributed by atoms with Crippen LogP contribution in [0.5, 0.6) is 0 Å². The summed E-state index contributed by atoms with van der Waals surface area (Å²) in [6.07, 6.45) is 6.66. The number of rotatable bonds is 5. The van der Waals surface area contributed by atoms with Gasteiger partial charge in [0.2, 0.25) is 0 Å². The molecule has 0 radical (unpaired) electrons. The predicted octanol–water partition coefficient (Wildman–Crippen LogP) is 3.79. The fraction of sp³-hybridized carbons (Fsp3) is 0.438. The lowest BCUT2D eigenvalue weighted by atomic mass is 10.1. The van der Waals surface area contributed by atoms with E-state index >= 15 is 0 Å². The number of benzene rings is 1. The quantitative estimate of drug-likeness (QED) is 0.910. The number of para-hydroxylation sites is 1. The molecule has 2 aliphatic carbocycles. The third-order valence-electron chi connectivity index (χ3n) is 4.16. The number of nitrogens with zero attached hydrogens (tertiary/aromatic N) is 2. The van der Waals surface area contributed by atoms with Crippen molar-refractivity contribution < 1.29 is 4.39 Å². The van der Waals surface area contributed by atoms with Crippen molar-refractivity contribution >= 4 is 11.6 Å². The summed E-state index contributed by atoms with van der Waals surface area (Å²) < 4.78 is 15.9. The van der Waals surface area contributed by atoms with Crippen LogP contribution in [0.25, 0.3) is 5.69 Å². The van der Waals surface area contributed by atoms with Gasteiger partial charge < -0.3 is 5.32 Å². The van der Waals surface area contributed by atoms with E-state index in [1.807, 2.05) is 6.20 Å². The summed E-state index contributed by atoms with van der Waals surface area (Å²) in [6.45, 7) is 0.808. The Morgan fingerprint density at radius 2 is 2.10 bits per heavy atom. The van der Waals surface area contributed by atoms with Gasteiger partial charge in [0.05, 0.1) is 16.9 Å². The Labute approximate surface area is 128 Å². The lowest BCUT2D eigenvalue weighted by Crippen LogP contribution is -2.16. The fourth-order valence-electron chi connectivity index (χ4n) is 2.73. The second kappa shape index (κ2) is 5.11. The topological polar surface area (TPSA) is 29.9 Å². The van der Waals surface area contributed by atoms with Gasteiger partial charge in [-0.3, -0.25) is 0 Å². The van der Waals surface area contributed by atoms with E-state index in [1.54, 1.807) is 16.8 Å². The van der Waals surface area contributed by atoms with Gasteiger partial charge in [-0.25, -0.2) is 9.07 Å². The molecule has 1 aromatic carbocycles. The number of halogens is 2.